The van der Waals surface area contributed by atoms with Crippen LogP contribution < -0.4 is 5.32 Å². The molecule has 130 valence electrons. The number of carbonyl (C=O) groups is 1. The van der Waals surface area contributed by atoms with Gasteiger partial charge < -0.3 is 10.1 Å². The maximum absolute atomic E-state index is 11.3. The number of anilines is 1. The van der Waals surface area contributed by atoms with E-state index in [-0.39, 0.29) is 5.91 Å². The van der Waals surface area contributed by atoms with Crippen LogP contribution in [0.15, 0.2) is 16.6 Å². The Morgan fingerprint density at radius 2 is 1.92 bits per heavy atom. The van der Waals surface area contributed by atoms with Crippen molar-refractivity contribution in [2.45, 2.75) is 31.8 Å². The molecule has 2 heterocycles. The number of fused-ring (bicyclic) bond motifs is 1. The van der Waals surface area contributed by atoms with Gasteiger partial charge in [0.15, 0.2) is 0 Å². The molecular formula is C18H24BrN3O2. The van der Waals surface area contributed by atoms with Crippen molar-refractivity contribution >= 4 is 27.5 Å². The number of carbonyl (C=O) groups excluding carboxylic acids is 1. The Balaban J connectivity index is 1.46. The Morgan fingerprint density at radius 1 is 1.21 bits per heavy atom. The third-order valence-electron chi connectivity index (χ3n) is 5.51. The van der Waals surface area contributed by atoms with E-state index in [1.54, 1.807) is 6.92 Å². The molecule has 5 nitrogen and oxygen atoms in total. The van der Waals surface area contributed by atoms with Gasteiger partial charge in [-0.2, -0.15) is 0 Å². The molecule has 3 aliphatic rings. The number of nitrogens with one attached hydrogen (secondary N) is 1. The van der Waals surface area contributed by atoms with Crippen LogP contribution in [0.25, 0.3) is 0 Å². The maximum Gasteiger partial charge on any atom is 0.221 e. The van der Waals surface area contributed by atoms with Gasteiger partial charge in [-0.1, -0.05) is 0 Å². The number of hydrogen-bond donors (Lipinski definition) is 1. The summed E-state index contributed by atoms with van der Waals surface area (Å²) in [5.74, 6) is -0.0266. The topological polar surface area (TPSA) is 44.8 Å². The lowest BCUT2D eigenvalue weighted by molar-refractivity contribution is -0.114. The highest BCUT2D eigenvalue weighted by Gasteiger charge is 2.34. The molecule has 0 spiro atoms. The Morgan fingerprint density at radius 3 is 2.54 bits per heavy atom. The molecular weight excluding hydrogens is 370 g/mol. The molecule has 2 fully saturated rings. The van der Waals surface area contributed by atoms with Crippen molar-refractivity contribution in [1.29, 1.82) is 0 Å². The van der Waals surface area contributed by atoms with E-state index in [2.05, 4.69) is 43.2 Å². The molecule has 4 rings (SSSR count). The van der Waals surface area contributed by atoms with Gasteiger partial charge in [0.1, 0.15) is 0 Å². The van der Waals surface area contributed by atoms with Crippen molar-refractivity contribution in [1.82, 2.24) is 9.80 Å². The van der Waals surface area contributed by atoms with Crippen LogP contribution in [0.3, 0.4) is 0 Å². The van der Waals surface area contributed by atoms with Crippen LogP contribution in [0, 0.1) is 0 Å². The van der Waals surface area contributed by atoms with E-state index in [0.29, 0.717) is 12.1 Å². The average Bonchev–Trinajstić information content (AvgIpc) is 2.89. The second kappa shape index (κ2) is 6.75. The van der Waals surface area contributed by atoms with Crippen molar-refractivity contribution in [3.05, 3.63) is 27.7 Å². The van der Waals surface area contributed by atoms with Crippen LogP contribution in [0.4, 0.5) is 5.69 Å². The SMILES string of the molecule is CC(=O)Nc1cc2c(cc1Br)C(N1CCN(C3COC3)CC1)CC2. The van der Waals surface area contributed by atoms with Gasteiger partial charge in [-0.3, -0.25) is 14.6 Å². The molecule has 2 saturated heterocycles. The number of ether oxygens (including phenoxy) is 1. The number of halogens is 1. The summed E-state index contributed by atoms with van der Waals surface area (Å²) in [6.07, 6.45) is 2.27. The lowest BCUT2D eigenvalue weighted by atomic mass is 10.0. The van der Waals surface area contributed by atoms with Crippen molar-refractivity contribution in [2.75, 3.05) is 44.7 Å². The second-order valence-electron chi connectivity index (χ2n) is 7.03. The first-order valence-corrected chi connectivity index (χ1v) is 9.57. The van der Waals surface area contributed by atoms with Gasteiger partial charge >= 0.3 is 0 Å². The molecule has 1 unspecified atom stereocenters. The first kappa shape index (κ1) is 16.5. The van der Waals surface area contributed by atoms with E-state index in [1.807, 2.05) is 0 Å². The van der Waals surface area contributed by atoms with Crippen LogP contribution in [0.5, 0.6) is 0 Å². The smallest absolute Gasteiger partial charge is 0.221 e. The van der Waals surface area contributed by atoms with Gasteiger partial charge in [0.05, 0.1) is 24.9 Å². The van der Waals surface area contributed by atoms with E-state index < -0.39 is 0 Å². The summed E-state index contributed by atoms with van der Waals surface area (Å²) in [7, 11) is 0. The minimum absolute atomic E-state index is 0.0266. The van der Waals surface area contributed by atoms with Crippen molar-refractivity contribution in [2.24, 2.45) is 0 Å². The van der Waals surface area contributed by atoms with Gasteiger partial charge in [-0.15, -0.1) is 0 Å². The highest BCUT2D eigenvalue weighted by molar-refractivity contribution is 9.10. The molecule has 24 heavy (non-hydrogen) atoms. The molecule has 0 aromatic heterocycles. The standard InChI is InChI=1S/C18H24BrN3O2/c1-12(23)20-17-8-13-2-3-18(15(13)9-16(17)19)22-6-4-21(5-7-22)14-10-24-11-14/h8-9,14,18H,2-7,10-11H2,1H3,(H,20,23). The Labute approximate surface area is 151 Å². The van der Waals surface area contributed by atoms with Crippen LogP contribution >= 0.6 is 15.9 Å². The van der Waals surface area contributed by atoms with Gasteiger partial charge in [0.2, 0.25) is 5.91 Å². The maximum atomic E-state index is 11.3. The lowest BCUT2D eigenvalue weighted by Crippen LogP contribution is -2.56. The zero-order chi connectivity index (χ0) is 16.7. The summed E-state index contributed by atoms with van der Waals surface area (Å²) in [5.41, 5.74) is 3.69. The fraction of sp³-hybridized carbons (Fsp3) is 0.611. The average molecular weight is 394 g/mol. The largest absolute Gasteiger partial charge is 0.378 e. The van der Waals surface area contributed by atoms with E-state index in [9.17, 15) is 4.79 Å². The van der Waals surface area contributed by atoms with E-state index >= 15 is 0 Å². The Hall–Kier alpha value is -0.950. The Bertz CT molecular complexity index is 639. The molecule has 1 N–H and O–H groups in total. The highest BCUT2D eigenvalue weighted by Crippen LogP contribution is 2.40. The van der Waals surface area contributed by atoms with Crippen LogP contribution in [-0.2, 0) is 16.0 Å². The molecule has 1 amide bonds. The van der Waals surface area contributed by atoms with Crippen molar-refractivity contribution < 1.29 is 9.53 Å². The van der Waals surface area contributed by atoms with Crippen molar-refractivity contribution in [3.8, 4) is 0 Å². The number of rotatable bonds is 3. The molecule has 2 aliphatic heterocycles. The second-order valence-corrected chi connectivity index (χ2v) is 7.88. The van der Waals surface area contributed by atoms with E-state index in [0.717, 1.165) is 56.0 Å². The van der Waals surface area contributed by atoms with Crippen LogP contribution in [0.1, 0.15) is 30.5 Å². The van der Waals surface area contributed by atoms with Gasteiger partial charge in [0, 0.05) is 43.6 Å². The summed E-state index contributed by atoms with van der Waals surface area (Å²) < 4.78 is 6.30. The summed E-state index contributed by atoms with van der Waals surface area (Å²) in [5, 5.41) is 2.91. The molecule has 1 aliphatic carbocycles. The lowest BCUT2D eigenvalue weighted by Gasteiger charge is -2.44. The van der Waals surface area contributed by atoms with E-state index in [4.69, 9.17) is 4.74 Å². The molecule has 0 bridgehead atoms. The molecule has 0 saturated carbocycles. The number of nitrogens with zero attached hydrogens (tertiary/aromatic N) is 2. The number of hydrogen-bond acceptors (Lipinski definition) is 4. The third-order valence-corrected chi connectivity index (χ3v) is 6.17. The molecule has 0 radical (unpaired) electrons. The minimum Gasteiger partial charge on any atom is -0.378 e. The van der Waals surface area contributed by atoms with E-state index in [1.165, 1.54) is 17.5 Å². The molecule has 1 atom stereocenters. The monoisotopic (exact) mass is 393 g/mol. The highest BCUT2D eigenvalue weighted by atomic mass is 79.9. The first-order chi connectivity index (χ1) is 11.6. The normalized spacial score (nSPS) is 25.3. The fourth-order valence-electron chi connectivity index (χ4n) is 4.12. The zero-order valence-corrected chi connectivity index (χ0v) is 15.6. The predicted molar refractivity (Wildman–Crippen MR) is 97.3 cm³/mol. The third kappa shape index (κ3) is 3.12. The fourth-order valence-corrected chi connectivity index (χ4v) is 4.58. The van der Waals surface area contributed by atoms with Gasteiger partial charge in [0.25, 0.3) is 0 Å². The minimum atomic E-state index is -0.0266. The number of benzene rings is 1. The summed E-state index contributed by atoms with van der Waals surface area (Å²) in [6, 6.07) is 5.52. The first-order valence-electron chi connectivity index (χ1n) is 8.77. The Kier molecular flexibility index (Phi) is 4.64. The number of aryl methyl sites for hydroxylation is 1. The van der Waals surface area contributed by atoms with Gasteiger partial charge in [-0.05, 0) is 52.0 Å². The van der Waals surface area contributed by atoms with Crippen LogP contribution in [0.2, 0.25) is 0 Å². The molecule has 1 aromatic carbocycles. The summed E-state index contributed by atoms with van der Waals surface area (Å²) in [4.78, 5) is 16.5. The van der Waals surface area contributed by atoms with Crippen molar-refractivity contribution in [3.63, 3.8) is 0 Å². The van der Waals surface area contributed by atoms with Crippen LogP contribution in [-0.4, -0.2) is 61.1 Å². The summed E-state index contributed by atoms with van der Waals surface area (Å²) in [6.45, 7) is 7.92. The zero-order valence-electron chi connectivity index (χ0n) is 14.1. The predicted octanol–water partition coefficient (Wildman–Crippen LogP) is 2.41. The quantitative estimate of drug-likeness (QED) is 0.856. The number of amides is 1. The molecule has 6 heteroatoms. The van der Waals surface area contributed by atoms with Gasteiger partial charge in [-0.25, -0.2) is 0 Å². The summed E-state index contributed by atoms with van der Waals surface area (Å²) >= 11 is 3.62. The molecule has 1 aromatic rings. The number of piperazine rings is 1.